The Morgan fingerprint density at radius 1 is 0.578 bits per heavy atom. The van der Waals surface area contributed by atoms with Gasteiger partial charge in [-0.25, -0.2) is 0 Å². The molecule has 0 fully saturated rings. The molecule has 2 aliphatic rings. The summed E-state index contributed by atoms with van der Waals surface area (Å²) in [6.45, 7) is 9.50. The fourth-order valence-corrected chi connectivity index (χ4v) is 13.4. The van der Waals surface area contributed by atoms with E-state index in [1.54, 1.807) is 0 Å². The molecule has 4 heteroatoms. The van der Waals surface area contributed by atoms with Crippen molar-refractivity contribution in [2.24, 2.45) is 0 Å². The van der Waals surface area contributed by atoms with Crippen molar-refractivity contribution in [1.29, 1.82) is 0 Å². The molecule has 45 heavy (non-hydrogen) atoms. The van der Waals surface area contributed by atoms with Gasteiger partial charge in [-0.3, -0.25) is 4.98 Å². The summed E-state index contributed by atoms with van der Waals surface area (Å²) in [5, 5.41) is 10.2. The van der Waals surface area contributed by atoms with E-state index in [0.717, 1.165) is 22.2 Å². The summed E-state index contributed by atoms with van der Waals surface area (Å²) in [6, 6.07) is 43.8. The SMILES string of the molecule is CC1(C)c2[c-]c(-c3ccc4ccccc4n3)cc3c2P(=S)(c2cc4ccccc4cc21)c1cc2ccccc2cc1C3(C)C.[Ir]. The Balaban J connectivity index is 0.00000300. The number of aromatic nitrogens is 1. The second-order valence-corrected chi connectivity index (χ2v) is 17.8. The second kappa shape index (κ2) is 9.78. The monoisotopic (exact) mass is 793 g/mol. The molecule has 7 aromatic rings. The van der Waals surface area contributed by atoms with Gasteiger partial charge >= 0.3 is 0 Å². The third-order valence-electron chi connectivity index (χ3n) is 10.3. The Labute approximate surface area is 283 Å². The van der Waals surface area contributed by atoms with E-state index in [1.165, 1.54) is 59.7 Å². The molecule has 0 saturated carbocycles. The van der Waals surface area contributed by atoms with Crippen molar-refractivity contribution in [3.63, 3.8) is 0 Å². The number of para-hydroxylation sites is 1. The van der Waals surface area contributed by atoms with Gasteiger partial charge < -0.3 is 0 Å². The minimum atomic E-state index is -2.45. The Bertz CT molecular complexity index is 2320. The quantitative estimate of drug-likeness (QED) is 0.122. The summed E-state index contributed by atoms with van der Waals surface area (Å²) in [4.78, 5) is 5.14. The Morgan fingerprint density at radius 3 is 1.69 bits per heavy atom. The molecule has 0 saturated heterocycles. The van der Waals surface area contributed by atoms with Crippen molar-refractivity contribution in [1.82, 2.24) is 4.98 Å². The molecule has 1 aromatic heterocycles. The molecular formula is C41H31IrNPS-. The summed E-state index contributed by atoms with van der Waals surface area (Å²) in [5.74, 6) is 0. The van der Waals surface area contributed by atoms with Crippen LogP contribution in [-0.2, 0) is 42.7 Å². The summed E-state index contributed by atoms with van der Waals surface area (Å²) in [6.07, 6.45) is 0. The van der Waals surface area contributed by atoms with Crippen LogP contribution in [0.3, 0.4) is 0 Å². The van der Waals surface area contributed by atoms with Gasteiger partial charge in [0.15, 0.2) is 0 Å². The first kappa shape index (κ1) is 29.0. The zero-order valence-electron chi connectivity index (χ0n) is 25.6. The minimum Gasteiger partial charge on any atom is -0.296 e. The van der Waals surface area contributed by atoms with Crippen molar-refractivity contribution < 1.29 is 20.1 Å². The van der Waals surface area contributed by atoms with Crippen LogP contribution in [0.5, 0.6) is 0 Å². The van der Waals surface area contributed by atoms with Gasteiger partial charge in [-0.15, -0.1) is 28.8 Å². The zero-order chi connectivity index (χ0) is 30.0. The molecule has 1 unspecified atom stereocenters. The number of nitrogens with zero attached hydrogens (tertiary/aromatic N) is 1. The number of pyridine rings is 1. The van der Waals surface area contributed by atoms with Crippen LogP contribution in [0.15, 0.2) is 115 Å². The van der Waals surface area contributed by atoms with Crippen LogP contribution in [0.1, 0.15) is 49.9 Å². The van der Waals surface area contributed by atoms with E-state index in [-0.39, 0.29) is 30.9 Å². The molecule has 0 N–H and O–H groups in total. The molecular weight excluding hydrogens is 762 g/mol. The molecule has 1 radical (unpaired) electrons. The van der Waals surface area contributed by atoms with Crippen LogP contribution < -0.4 is 15.9 Å². The van der Waals surface area contributed by atoms with Crippen molar-refractivity contribution in [3.05, 3.63) is 144 Å². The molecule has 221 valence electrons. The molecule has 6 aromatic carbocycles. The molecule has 0 spiro atoms. The van der Waals surface area contributed by atoms with E-state index in [2.05, 4.69) is 149 Å². The summed E-state index contributed by atoms with van der Waals surface area (Å²) < 4.78 is 0. The number of fused-ring (bicyclic) bond motifs is 7. The maximum Gasteiger partial charge on any atom is 0.0595 e. The van der Waals surface area contributed by atoms with E-state index < -0.39 is 6.04 Å². The molecule has 3 heterocycles. The standard InChI is InChI=1S/C41H31NPS.Ir/c1-40(2)31-19-26-12-5-7-14-28(26)23-37(31)43(44)38-24-29-15-8-6-13-27(29)20-32(38)41(3,4)34-22-30(21-33(40)39(34)43)36-18-17-25-11-9-10-16-35(25)42-36;/h5-21,23-24H,1-4H3;/q-1;. The van der Waals surface area contributed by atoms with E-state index in [4.69, 9.17) is 16.8 Å². The van der Waals surface area contributed by atoms with Gasteiger partial charge in [-0.2, -0.15) is 0 Å². The van der Waals surface area contributed by atoms with Crippen LogP contribution in [0.25, 0.3) is 43.7 Å². The van der Waals surface area contributed by atoms with E-state index in [1.807, 2.05) is 0 Å². The van der Waals surface area contributed by atoms with E-state index in [0.29, 0.717) is 0 Å². The number of rotatable bonds is 1. The number of hydrogen-bond donors (Lipinski definition) is 0. The zero-order valence-corrected chi connectivity index (χ0v) is 29.7. The average Bonchev–Trinajstić information content (AvgIpc) is 3.05. The van der Waals surface area contributed by atoms with Crippen molar-refractivity contribution in [2.75, 3.05) is 0 Å². The van der Waals surface area contributed by atoms with Gasteiger partial charge in [-0.1, -0.05) is 124 Å². The van der Waals surface area contributed by atoms with Crippen molar-refractivity contribution in [2.45, 2.75) is 38.5 Å². The van der Waals surface area contributed by atoms with Crippen molar-refractivity contribution >= 4 is 66.2 Å². The van der Waals surface area contributed by atoms with Gasteiger partial charge in [-0.05, 0) is 95.5 Å². The molecule has 0 aliphatic carbocycles. The van der Waals surface area contributed by atoms with Crippen molar-refractivity contribution in [3.8, 4) is 11.3 Å². The van der Waals surface area contributed by atoms with Crippen LogP contribution in [0, 0.1) is 6.07 Å². The molecule has 9 rings (SSSR count). The van der Waals surface area contributed by atoms with Crippen LogP contribution in [-0.4, -0.2) is 4.98 Å². The van der Waals surface area contributed by atoms with E-state index >= 15 is 0 Å². The minimum absolute atomic E-state index is 0. The second-order valence-electron chi connectivity index (χ2n) is 13.5. The summed E-state index contributed by atoms with van der Waals surface area (Å²) in [7, 11) is 0. The molecule has 1 nitrogen and oxygen atoms in total. The Morgan fingerprint density at radius 2 is 1.09 bits per heavy atom. The smallest absolute Gasteiger partial charge is 0.0595 e. The Hall–Kier alpha value is -3.45. The van der Waals surface area contributed by atoms with E-state index in [9.17, 15) is 0 Å². The van der Waals surface area contributed by atoms with Gasteiger partial charge in [0.1, 0.15) is 0 Å². The third kappa shape index (κ3) is 3.88. The van der Waals surface area contributed by atoms with Crippen LogP contribution in [0.2, 0.25) is 0 Å². The third-order valence-corrected chi connectivity index (χ3v) is 15.2. The Kier molecular flexibility index (Phi) is 6.30. The number of benzene rings is 6. The topological polar surface area (TPSA) is 12.9 Å². The molecule has 0 amide bonds. The molecule has 2 aliphatic heterocycles. The normalized spacial score (nSPS) is 18.6. The largest absolute Gasteiger partial charge is 0.296 e. The van der Waals surface area contributed by atoms with Gasteiger partial charge in [0.05, 0.1) is 5.52 Å². The summed E-state index contributed by atoms with van der Waals surface area (Å²) in [5.41, 5.74) is 7.70. The number of hydrogen-bond acceptors (Lipinski definition) is 2. The summed E-state index contributed by atoms with van der Waals surface area (Å²) >= 11 is 7.19. The predicted molar refractivity (Wildman–Crippen MR) is 191 cm³/mol. The van der Waals surface area contributed by atoms with Crippen LogP contribution in [0.4, 0.5) is 0 Å². The first-order valence-electron chi connectivity index (χ1n) is 15.3. The average molecular weight is 793 g/mol. The first-order valence-corrected chi connectivity index (χ1v) is 18.1. The molecule has 0 bridgehead atoms. The maximum absolute atomic E-state index is 7.19. The fourth-order valence-electron chi connectivity index (χ4n) is 7.82. The first-order chi connectivity index (χ1) is 21.2. The maximum atomic E-state index is 7.19. The van der Waals surface area contributed by atoms with Gasteiger partial charge in [0.25, 0.3) is 0 Å². The predicted octanol–water partition coefficient (Wildman–Crippen LogP) is 9.04. The molecule has 1 atom stereocenters. The fraction of sp³-hybridized carbons (Fsp3) is 0.146. The van der Waals surface area contributed by atoms with Gasteiger partial charge in [0.2, 0.25) is 0 Å². The van der Waals surface area contributed by atoms with Crippen LogP contribution >= 0.6 is 6.04 Å². The van der Waals surface area contributed by atoms with Gasteiger partial charge in [0, 0.05) is 26.1 Å².